The van der Waals surface area contributed by atoms with Gasteiger partial charge in [0.25, 0.3) is 0 Å². The number of rotatable bonds is 5. The molecule has 0 aliphatic carbocycles. The van der Waals surface area contributed by atoms with E-state index >= 15 is 0 Å². The summed E-state index contributed by atoms with van der Waals surface area (Å²) in [5, 5.41) is 3.17. The lowest BCUT2D eigenvalue weighted by atomic mass is 10.3. The molecule has 4 heteroatoms. The summed E-state index contributed by atoms with van der Waals surface area (Å²) in [5.74, 6) is 1.54. The maximum absolute atomic E-state index is 5.64. The number of allylic oxidation sites excluding steroid dienone is 1. The van der Waals surface area contributed by atoms with E-state index in [2.05, 4.69) is 29.1 Å². The van der Waals surface area contributed by atoms with Gasteiger partial charge in [0.2, 0.25) is 0 Å². The molecule has 0 saturated carbocycles. The van der Waals surface area contributed by atoms with E-state index in [9.17, 15) is 0 Å². The van der Waals surface area contributed by atoms with Crippen molar-refractivity contribution in [1.82, 2.24) is 9.97 Å². The van der Waals surface area contributed by atoms with Gasteiger partial charge in [-0.15, -0.1) is 0 Å². The van der Waals surface area contributed by atoms with Crippen molar-refractivity contribution in [2.24, 2.45) is 0 Å². The van der Waals surface area contributed by atoms with E-state index < -0.39 is 0 Å². The van der Waals surface area contributed by atoms with Gasteiger partial charge in [-0.3, -0.25) is 4.98 Å². The van der Waals surface area contributed by atoms with Crippen LogP contribution in [0.3, 0.4) is 0 Å². The molecule has 0 aliphatic heterocycles. The summed E-state index contributed by atoms with van der Waals surface area (Å²) < 4.78 is 5.64. The SMILES string of the molecule is CC(C)=CCOc1cccc(Nc2cnccn2)c1. The molecule has 0 unspecified atom stereocenters. The average Bonchev–Trinajstić information content (AvgIpc) is 2.40. The number of hydrogen-bond donors (Lipinski definition) is 1. The lowest BCUT2D eigenvalue weighted by Crippen LogP contribution is -1.96. The predicted octanol–water partition coefficient (Wildman–Crippen LogP) is 3.57. The smallest absolute Gasteiger partial charge is 0.148 e. The maximum Gasteiger partial charge on any atom is 0.148 e. The molecule has 0 atom stereocenters. The van der Waals surface area contributed by atoms with Crippen LogP contribution in [0.5, 0.6) is 5.75 Å². The van der Waals surface area contributed by atoms with Crippen molar-refractivity contribution in [2.75, 3.05) is 11.9 Å². The van der Waals surface area contributed by atoms with Crippen molar-refractivity contribution in [3.8, 4) is 5.75 Å². The Morgan fingerprint density at radius 2 is 2.21 bits per heavy atom. The Morgan fingerprint density at radius 1 is 1.32 bits per heavy atom. The summed E-state index contributed by atoms with van der Waals surface area (Å²) in [4.78, 5) is 8.17. The predicted molar refractivity (Wildman–Crippen MR) is 76.7 cm³/mol. The molecule has 1 aromatic heterocycles. The number of nitrogens with one attached hydrogen (secondary N) is 1. The van der Waals surface area contributed by atoms with Gasteiger partial charge < -0.3 is 10.1 Å². The minimum atomic E-state index is 0.580. The highest BCUT2D eigenvalue weighted by molar-refractivity contribution is 5.57. The van der Waals surface area contributed by atoms with Crippen LogP contribution in [0.4, 0.5) is 11.5 Å². The number of hydrogen-bond acceptors (Lipinski definition) is 4. The third-order valence-corrected chi connectivity index (χ3v) is 2.41. The van der Waals surface area contributed by atoms with Gasteiger partial charge in [0.15, 0.2) is 0 Å². The zero-order valence-electron chi connectivity index (χ0n) is 11.1. The van der Waals surface area contributed by atoms with Gasteiger partial charge in [0.05, 0.1) is 6.20 Å². The molecule has 98 valence electrons. The molecular formula is C15H17N3O. The number of anilines is 2. The van der Waals surface area contributed by atoms with E-state index in [1.807, 2.05) is 30.3 Å². The zero-order valence-corrected chi connectivity index (χ0v) is 11.1. The van der Waals surface area contributed by atoms with Crippen molar-refractivity contribution in [2.45, 2.75) is 13.8 Å². The fourth-order valence-corrected chi connectivity index (χ4v) is 1.48. The molecule has 1 aromatic carbocycles. The van der Waals surface area contributed by atoms with Crippen LogP contribution in [0.2, 0.25) is 0 Å². The summed E-state index contributed by atoms with van der Waals surface area (Å²) in [6, 6.07) is 7.77. The van der Waals surface area contributed by atoms with Crippen molar-refractivity contribution < 1.29 is 4.74 Å². The summed E-state index contributed by atoms with van der Waals surface area (Å²) >= 11 is 0. The Morgan fingerprint density at radius 3 is 2.95 bits per heavy atom. The van der Waals surface area contributed by atoms with E-state index in [0.29, 0.717) is 12.4 Å². The Bertz CT molecular complexity index is 548. The van der Waals surface area contributed by atoms with Crippen LogP contribution in [0.15, 0.2) is 54.5 Å². The Balaban J connectivity index is 2.01. The van der Waals surface area contributed by atoms with Crippen LogP contribution >= 0.6 is 0 Å². The van der Waals surface area contributed by atoms with E-state index in [4.69, 9.17) is 4.74 Å². The molecule has 2 rings (SSSR count). The number of nitrogens with zero attached hydrogens (tertiary/aromatic N) is 2. The molecule has 0 radical (unpaired) electrons. The largest absolute Gasteiger partial charge is 0.489 e. The molecule has 0 saturated heterocycles. The van der Waals surface area contributed by atoms with Crippen LogP contribution in [0.1, 0.15) is 13.8 Å². The Labute approximate surface area is 113 Å². The van der Waals surface area contributed by atoms with Gasteiger partial charge >= 0.3 is 0 Å². The van der Waals surface area contributed by atoms with Crippen molar-refractivity contribution in [1.29, 1.82) is 0 Å². The van der Waals surface area contributed by atoms with Gasteiger partial charge in [-0.25, -0.2) is 4.98 Å². The fourth-order valence-electron chi connectivity index (χ4n) is 1.48. The topological polar surface area (TPSA) is 47.0 Å². The first-order chi connectivity index (χ1) is 9.24. The molecule has 1 heterocycles. The van der Waals surface area contributed by atoms with E-state index in [-0.39, 0.29) is 0 Å². The quantitative estimate of drug-likeness (QED) is 0.830. The average molecular weight is 255 g/mol. The lowest BCUT2D eigenvalue weighted by Gasteiger charge is -2.08. The second-order valence-electron chi connectivity index (χ2n) is 4.34. The first-order valence-electron chi connectivity index (χ1n) is 6.13. The van der Waals surface area contributed by atoms with Crippen LogP contribution in [0.25, 0.3) is 0 Å². The summed E-state index contributed by atoms with van der Waals surface area (Å²) in [5.41, 5.74) is 2.17. The monoisotopic (exact) mass is 255 g/mol. The standard InChI is InChI=1S/C15H17N3O/c1-12(2)6-9-19-14-5-3-4-13(10-14)18-15-11-16-7-8-17-15/h3-8,10-11H,9H2,1-2H3,(H,17,18). The molecule has 19 heavy (non-hydrogen) atoms. The fraction of sp³-hybridized carbons (Fsp3) is 0.200. The zero-order chi connectivity index (χ0) is 13.5. The molecule has 0 aliphatic rings. The van der Waals surface area contributed by atoms with Gasteiger partial charge in [-0.2, -0.15) is 0 Å². The van der Waals surface area contributed by atoms with Gasteiger partial charge in [0.1, 0.15) is 18.2 Å². The number of aromatic nitrogens is 2. The van der Waals surface area contributed by atoms with Crippen LogP contribution < -0.4 is 10.1 Å². The van der Waals surface area contributed by atoms with Gasteiger partial charge in [-0.1, -0.05) is 11.6 Å². The van der Waals surface area contributed by atoms with E-state index in [1.54, 1.807) is 18.6 Å². The third-order valence-electron chi connectivity index (χ3n) is 2.41. The van der Waals surface area contributed by atoms with Gasteiger partial charge in [0, 0.05) is 24.1 Å². The molecule has 4 nitrogen and oxygen atoms in total. The lowest BCUT2D eigenvalue weighted by molar-refractivity contribution is 0.362. The molecule has 0 amide bonds. The number of benzene rings is 1. The highest BCUT2D eigenvalue weighted by Crippen LogP contribution is 2.20. The molecule has 0 spiro atoms. The Hall–Kier alpha value is -2.36. The molecule has 0 fully saturated rings. The van der Waals surface area contributed by atoms with Crippen molar-refractivity contribution >= 4 is 11.5 Å². The summed E-state index contributed by atoms with van der Waals surface area (Å²) in [6.45, 7) is 4.68. The third kappa shape index (κ3) is 4.43. The first-order valence-corrected chi connectivity index (χ1v) is 6.13. The van der Waals surface area contributed by atoms with E-state index in [1.165, 1.54) is 5.57 Å². The molecule has 1 N–H and O–H groups in total. The molecular weight excluding hydrogens is 238 g/mol. The minimum absolute atomic E-state index is 0.580. The van der Waals surface area contributed by atoms with Crippen LogP contribution in [-0.4, -0.2) is 16.6 Å². The van der Waals surface area contributed by atoms with Crippen molar-refractivity contribution in [3.05, 3.63) is 54.5 Å². The second-order valence-corrected chi connectivity index (χ2v) is 4.34. The second kappa shape index (κ2) is 6.54. The normalized spacial score (nSPS) is 9.79. The molecule has 2 aromatic rings. The van der Waals surface area contributed by atoms with Crippen molar-refractivity contribution in [3.63, 3.8) is 0 Å². The Kier molecular flexibility index (Phi) is 4.50. The van der Waals surface area contributed by atoms with E-state index in [0.717, 1.165) is 11.4 Å². The number of ether oxygens (including phenoxy) is 1. The van der Waals surface area contributed by atoms with Gasteiger partial charge in [-0.05, 0) is 32.1 Å². The first kappa shape index (κ1) is 13.1. The maximum atomic E-state index is 5.64. The summed E-state index contributed by atoms with van der Waals surface area (Å²) in [7, 11) is 0. The van der Waals surface area contributed by atoms with Crippen LogP contribution in [0, 0.1) is 0 Å². The minimum Gasteiger partial charge on any atom is -0.489 e. The summed E-state index contributed by atoms with van der Waals surface area (Å²) in [6.07, 6.45) is 7.01. The molecule has 0 bridgehead atoms. The highest BCUT2D eigenvalue weighted by Gasteiger charge is 1.98. The highest BCUT2D eigenvalue weighted by atomic mass is 16.5. The van der Waals surface area contributed by atoms with Crippen LogP contribution in [-0.2, 0) is 0 Å².